The third-order valence-electron chi connectivity index (χ3n) is 3.51. The number of fused-ring (bicyclic) bond motifs is 1. The second kappa shape index (κ2) is 4.69. The number of aromatic nitrogens is 2. The van der Waals surface area contributed by atoms with E-state index in [9.17, 15) is 0 Å². The largest absolute Gasteiger partial charge is 0.328 e. The number of nitrogens with zero attached hydrogens (tertiary/aromatic N) is 2. The van der Waals surface area contributed by atoms with Gasteiger partial charge in [0.2, 0.25) is 0 Å². The summed E-state index contributed by atoms with van der Waals surface area (Å²) >= 11 is 5.86. The normalized spacial score (nSPS) is 15.6. The molecule has 1 aromatic heterocycles. The first-order chi connectivity index (χ1) is 8.38. The Morgan fingerprint density at radius 1 is 1.29 bits per heavy atom. The van der Waals surface area contributed by atoms with Crippen LogP contribution in [0.3, 0.4) is 0 Å². The van der Waals surface area contributed by atoms with Gasteiger partial charge in [0.05, 0.1) is 11.0 Å². The molecule has 2 nitrogen and oxygen atoms in total. The Balaban J connectivity index is 1.94. The van der Waals surface area contributed by atoms with Gasteiger partial charge in [0.15, 0.2) is 0 Å². The van der Waals surface area contributed by atoms with E-state index in [-0.39, 0.29) is 0 Å². The van der Waals surface area contributed by atoms with Crippen molar-refractivity contribution in [2.24, 2.45) is 5.92 Å². The lowest BCUT2D eigenvalue weighted by atomic mass is 10.2. The molecule has 0 amide bonds. The minimum absolute atomic E-state index is 0.646. The van der Waals surface area contributed by atoms with Crippen LogP contribution in [0.4, 0.5) is 0 Å². The SMILES string of the molecule is ClCCc1nc2ccccc2n1CCC1CC1. The molecular weight excluding hydrogens is 232 g/mol. The number of hydrogen-bond acceptors (Lipinski definition) is 1. The third-order valence-corrected chi connectivity index (χ3v) is 3.70. The summed E-state index contributed by atoms with van der Waals surface area (Å²) in [6.45, 7) is 1.09. The fourth-order valence-electron chi connectivity index (χ4n) is 2.37. The molecule has 90 valence electrons. The van der Waals surface area contributed by atoms with Gasteiger partial charge in [0, 0.05) is 18.8 Å². The highest BCUT2D eigenvalue weighted by molar-refractivity contribution is 6.17. The van der Waals surface area contributed by atoms with Gasteiger partial charge in [-0.25, -0.2) is 4.98 Å². The Hall–Kier alpha value is -1.02. The van der Waals surface area contributed by atoms with E-state index in [4.69, 9.17) is 11.6 Å². The summed E-state index contributed by atoms with van der Waals surface area (Å²) in [5, 5.41) is 0. The second-order valence-electron chi connectivity index (χ2n) is 4.84. The molecule has 1 aliphatic carbocycles. The van der Waals surface area contributed by atoms with E-state index in [2.05, 4.69) is 27.8 Å². The van der Waals surface area contributed by atoms with Gasteiger partial charge >= 0.3 is 0 Å². The summed E-state index contributed by atoms with van der Waals surface area (Å²) in [5.41, 5.74) is 2.36. The van der Waals surface area contributed by atoms with Crippen LogP contribution in [-0.2, 0) is 13.0 Å². The highest BCUT2D eigenvalue weighted by Gasteiger charge is 2.21. The van der Waals surface area contributed by atoms with Crippen molar-refractivity contribution in [1.29, 1.82) is 0 Å². The quantitative estimate of drug-likeness (QED) is 0.739. The van der Waals surface area contributed by atoms with Gasteiger partial charge in [-0.15, -0.1) is 11.6 Å². The molecule has 0 saturated heterocycles. The molecule has 2 aromatic rings. The maximum atomic E-state index is 5.86. The van der Waals surface area contributed by atoms with Crippen LogP contribution in [0.15, 0.2) is 24.3 Å². The Kier molecular flexibility index (Phi) is 3.06. The number of aryl methyl sites for hydroxylation is 2. The molecule has 0 N–H and O–H groups in total. The molecule has 1 aromatic carbocycles. The maximum absolute atomic E-state index is 5.86. The smallest absolute Gasteiger partial charge is 0.111 e. The first-order valence-electron chi connectivity index (χ1n) is 6.38. The number of halogens is 1. The van der Waals surface area contributed by atoms with Crippen molar-refractivity contribution < 1.29 is 0 Å². The van der Waals surface area contributed by atoms with Crippen LogP contribution in [0.2, 0.25) is 0 Å². The molecule has 17 heavy (non-hydrogen) atoms. The molecule has 3 heteroatoms. The zero-order chi connectivity index (χ0) is 11.7. The van der Waals surface area contributed by atoms with Gasteiger partial charge < -0.3 is 4.57 Å². The Bertz CT molecular complexity index is 514. The van der Waals surface area contributed by atoms with Crippen molar-refractivity contribution in [3.05, 3.63) is 30.1 Å². The fourth-order valence-corrected chi connectivity index (χ4v) is 2.54. The van der Waals surface area contributed by atoms with Gasteiger partial charge in [0.25, 0.3) is 0 Å². The van der Waals surface area contributed by atoms with Crippen LogP contribution < -0.4 is 0 Å². The summed E-state index contributed by atoms with van der Waals surface area (Å²) in [4.78, 5) is 4.68. The minimum atomic E-state index is 0.646. The van der Waals surface area contributed by atoms with Gasteiger partial charge in [-0.3, -0.25) is 0 Å². The molecule has 0 radical (unpaired) electrons. The van der Waals surface area contributed by atoms with Crippen molar-refractivity contribution in [3.63, 3.8) is 0 Å². The van der Waals surface area contributed by atoms with Gasteiger partial charge in [-0.2, -0.15) is 0 Å². The summed E-state index contributed by atoms with van der Waals surface area (Å²) in [6, 6.07) is 8.38. The van der Waals surface area contributed by atoms with Crippen molar-refractivity contribution in [2.45, 2.75) is 32.2 Å². The van der Waals surface area contributed by atoms with E-state index >= 15 is 0 Å². The molecular formula is C14H17ClN2. The molecule has 1 fully saturated rings. The first kappa shape index (κ1) is 11.1. The Morgan fingerprint density at radius 2 is 2.12 bits per heavy atom. The van der Waals surface area contributed by atoms with E-state index in [1.165, 1.54) is 24.8 Å². The van der Waals surface area contributed by atoms with E-state index in [0.29, 0.717) is 5.88 Å². The second-order valence-corrected chi connectivity index (χ2v) is 5.22. The van der Waals surface area contributed by atoms with Crippen LogP contribution in [0, 0.1) is 5.92 Å². The van der Waals surface area contributed by atoms with Crippen molar-refractivity contribution in [3.8, 4) is 0 Å². The maximum Gasteiger partial charge on any atom is 0.111 e. The lowest BCUT2D eigenvalue weighted by Crippen LogP contribution is -2.05. The van der Waals surface area contributed by atoms with E-state index < -0.39 is 0 Å². The monoisotopic (exact) mass is 248 g/mol. The zero-order valence-corrected chi connectivity index (χ0v) is 10.7. The molecule has 0 aliphatic heterocycles. The van der Waals surface area contributed by atoms with E-state index in [0.717, 1.165) is 30.2 Å². The molecule has 0 atom stereocenters. The van der Waals surface area contributed by atoms with Gasteiger partial charge in [-0.05, 0) is 24.5 Å². The minimum Gasteiger partial charge on any atom is -0.328 e. The number of rotatable bonds is 5. The first-order valence-corrected chi connectivity index (χ1v) is 6.92. The highest BCUT2D eigenvalue weighted by Crippen LogP contribution is 2.33. The molecule has 0 bridgehead atoms. The Morgan fingerprint density at radius 3 is 2.88 bits per heavy atom. The number of benzene rings is 1. The van der Waals surface area contributed by atoms with Crippen LogP contribution >= 0.6 is 11.6 Å². The van der Waals surface area contributed by atoms with Crippen molar-refractivity contribution in [1.82, 2.24) is 9.55 Å². The fraction of sp³-hybridized carbons (Fsp3) is 0.500. The highest BCUT2D eigenvalue weighted by atomic mass is 35.5. The number of alkyl halides is 1. The van der Waals surface area contributed by atoms with Crippen LogP contribution in [0.5, 0.6) is 0 Å². The summed E-state index contributed by atoms with van der Waals surface area (Å²) in [6.07, 6.45) is 4.98. The zero-order valence-electron chi connectivity index (χ0n) is 9.90. The topological polar surface area (TPSA) is 17.8 Å². The molecule has 1 heterocycles. The summed E-state index contributed by atoms with van der Waals surface area (Å²) in [5.74, 6) is 2.74. The average molecular weight is 249 g/mol. The third kappa shape index (κ3) is 2.32. The average Bonchev–Trinajstić information content (AvgIpc) is 3.10. The van der Waals surface area contributed by atoms with Crippen LogP contribution in [0.25, 0.3) is 11.0 Å². The Labute approximate surface area is 107 Å². The van der Waals surface area contributed by atoms with Crippen molar-refractivity contribution in [2.75, 3.05) is 5.88 Å². The molecule has 0 spiro atoms. The van der Waals surface area contributed by atoms with Crippen LogP contribution in [-0.4, -0.2) is 15.4 Å². The number of para-hydroxylation sites is 2. The lowest BCUT2D eigenvalue weighted by Gasteiger charge is -2.07. The molecule has 3 rings (SSSR count). The van der Waals surface area contributed by atoms with Crippen LogP contribution in [0.1, 0.15) is 25.1 Å². The number of imidazole rings is 1. The van der Waals surface area contributed by atoms with Gasteiger partial charge in [-0.1, -0.05) is 25.0 Å². The summed E-state index contributed by atoms with van der Waals surface area (Å²) in [7, 11) is 0. The number of hydrogen-bond donors (Lipinski definition) is 0. The standard InChI is InChI=1S/C14H17ClN2/c15-9-7-14-16-12-3-1-2-4-13(12)17(14)10-8-11-5-6-11/h1-4,11H,5-10H2. The molecule has 1 aliphatic rings. The predicted molar refractivity (Wildman–Crippen MR) is 71.5 cm³/mol. The molecule has 1 saturated carbocycles. The van der Waals surface area contributed by atoms with Crippen molar-refractivity contribution >= 4 is 22.6 Å². The van der Waals surface area contributed by atoms with E-state index in [1.54, 1.807) is 0 Å². The predicted octanol–water partition coefficient (Wildman–Crippen LogP) is 3.62. The lowest BCUT2D eigenvalue weighted by molar-refractivity contribution is 0.588. The molecule has 0 unspecified atom stereocenters. The van der Waals surface area contributed by atoms with Gasteiger partial charge in [0.1, 0.15) is 5.82 Å². The summed E-state index contributed by atoms with van der Waals surface area (Å²) < 4.78 is 2.36. The van der Waals surface area contributed by atoms with E-state index in [1.807, 2.05) is 6.07 Å².